The zero-order valence-electron chi connectivity index (χ0n) is 12.0. The number of nitrogens with one attached hydrogen (secondary N) is 1. The molecule has 1 aromatic carbocycles. The van der Waals surface area contributed by atoms with E-state index in [1.165, 1.54) is 5.56 Å². The zero-order chi connectivity index (χ0) is 14.2. The molecule has 2 aromatic rings. The van der Waals surface area contributed by atoms with Crippen LogP contribution in [0.15, 0.2) is 30.3 Å². The van der Waals surface area contributed by atoms with Crippen LogP contribution in [0.5, 0.6) is 0 Å². The molecule has 20 heavy (non-hydrogen) atoms. The molecule has 0 aliphatic heterocycles. The van der Waals surface area contributed by atoms with E-state index in [-0.39, 0.29) is 6.04 Å². The molecule has 0 aliphatic carbocycles. The molecule has 0 saturated carbocycles. The van der Waals surface area contributed by atoms with E-state index >= 15 is 0 Å². The Hall–Kier alpha value is -1.30. The molecule has 0 radical (unpaired) electrons. The van der Waals surface area contributed by atoms with Crippen LogP contribution in [0.1, 0.15) is 41.9 Å². The number of aromatic nitrogens is 2. The Morgan fingerprint density at radius 1 is 1.20 bits per heavy atom. The first-order valence-electron chi connectivity index (χ1n) is 7.03. The molecule has 1 aromatic heterocycles. The van der Waals surface area contributed by atoms with Gasteiger partial charge in [0.05, 0.1) is 6.04 Å². The van der Waals surface area contributed by atoms with Crippen LogP contribution in [-0.4, -0.2) is 23.3 Å². The SMILES string of the molecule is CCCNC(c1ccccc1)c1nnc(COCC)s1. The third-order valence-electron chi connectivity index (χ3n) is 2.89. The average Bonchev–Trinajstić information content (AvgIpc) is 2.95. The molecule has 0 fully saturated rings. The van der Waals surface area contributed by atoms with Crippen molar-refractivity contribution in [3.63, 3.8) is 0 Å². The fourth-order valence-electron chi connectivity index (χ4n) is 1.91. The summed E-state index contributed by atoms with van der Waals surface area (Å²) in [6, 6.07) is 10.5. The van der Waals surface area contributed by atoms with Crippen LogP contribution in [0.25, 0.3) is 0 Å². The second kappa shape index (κ2) is 8.09. The third-order valence-corrected chi connectivity index (χ3v) is 3.85. The Kier molecular flexibility index (Phi) is 6.11. The molecule has 1 heterocycles. The van der Waals surface area contributed by atoms with Gasteiger partial charge >= 0.3 is 0 Å². The van der Waals surface area contributed by atoms with Gasteiger partial charge in [0.1, 0.15) is 16.6 Å². The van der Waals surface area contributed by atoms with Crippen LogP contribution >= 0.6 is 11.3 Å². The lowest BCUT2D eigenvalue weighted by atomic mass is 10.1. The lowest BCUT2D eigenvalue weighted by Gasteiger charge is -2.15. The number of nitrogens with zero attached hydrogens (tertiary/aromatic N) is 2. The van der Waals surface area contributed by atoms with Crippen molar-refractivity contribution in [2.75, 3.05) is 13.2 Å². The molecule has 1 unspecified atom stereocenters. The minimum absolute atomic E-state index is 0.115. The van der Waals surface area contributed by atoms with Crippen LogP contribution < -0.4 is 5.32 Å². The minimum Gasteiger partial charge on any atom is -0.374 e. The van der Waals surface area contributed by atoms with Gasteiger partial charge in [-0.15, -0.1) is 10.2 Å². The topological polar surface area (TPSA) is 47.0 Å². The molecule has 108 valence electrons. The molecule has 0 aliphatic rings. The van der Waals surface area contributed by atoms with Crippen molar-refractivity contribution in [3.8, 4) is 0 Å². The van der Waals surface area contributed by atoms with Crippen molar-refractivity contribution in [3.05, 3.63) is 45.9 Å². The zero-order valence-corrected chi connectivity index (χ0v) is 12.8. The van der Waals surface area contributed by atoms with Gasteiger partial charge in [-0.2, -0.15) is 0 Å². The normalized spacial score (nSPS) is 12.5. The lowest BCUT2D eigenvalue weighted by molar-refractivity contribution is 0.133. The highest BCUT2D eigenvalue weighted by Gasteiger charge is 2.18. The highest BCUT2D eigenvalue weighted by Crippen LogP contribution is 2.25. The highest BCUT2D eigenvalue weighted by atomic mass is 32.1. The monoisotopic (exact) mass is 291 g/mol. The van der Waals surface area contributed by atoms with Crippen molar-refractivity contribution in [1.82, 2.24) is 15.5 Å². The second-order valence-electron chi connectivity index (χ2n) is 4.47. The number of rotatable bonds is 8. The van der Waals surface area contributed by atoms with Crippen LogP contribution in [0.4, 0.5) is 0 Å². The van der Waals surface area contributed by atoms with Crippen molar-refractivity contribution >= 4 is 11.3 Å². The van der Waals surface area contributed by atoms with E-state index in [1.54, 1.807) is 11.3 Å². The summed E-state index contributed by atoms with van der Waals surface area (Å²) in [5, 5.41) is 14.0. The molecule has 1 atom stereocenters. The summed E-state index contributed by atoms with van der Waals surface area (Å²) in [7, 11) is 0. The molecular weight excluding hydrogens is 270 g/mol. The van der Waals surface area contributed by atoms with E-state index in [0.717, 1.165) is 23.0 Å². The molecule has 0 bridgehead atoms. The Balaban J connectivity index is 2.16. The highest BCUT2D eigenvalue weighted by molar-refractivity contribution is 7.11. The van der Waals surface area contributed by atoms with E-state index in [1.807, 2.05) is 13.0 Å². The molecular formula is C15H21N3OS. The lowest BCUT2D eigenvalue weighted by Crippen LogP contribution is -2.23. The predicted molar refractivity (Wildman–Crippen MR) is 81.8 cm³/mol. The van der Waals surface area contributed by atoms with Gasteiger partial charge in [0, 0.05) is 6.61 Å². The van der Waals surface area contributed by atoms with Crippen molar-refractivity contribution in [2.45, 2.75) is 32.9 Å². The van der Waals surface area contributed by atoms with Gasteiger partial charge in [-0.3, -0.25) is 0 Å². The molecule has 0 spiro atoms. The van der Waals surface area contributed by atoms with Gasteiger partial charge in [0.15, 0.2) is 0 Å². The van der Waals surface area contributed by atoms with Crippen molar-refractivity contribution in [2.24, 2.45) is 0 Å². The summed E-state index contributed by atoms with van der Waals surface area (Å²) in [6.07, 6.45) is 1.09. The van der Waals surface area contributed by atoms with Gasteiger partial charge in [0.2, 0.25) is 0 Å². The van der Waals surface area contributed by atoms with Crippen LogP contribution in [0.2, 0.25) is 0 Å². The van der Waals surface area contributed by atoms with Gasteiger partial charge in [0.25, 0.3) is 0 Å². The molecule has 5 heteroatoms. The first-order valence-corrected chi connectivity index (χ1v) is 7.85. The summed E-state index contributed by atoms with van der Waals surface area (Å²) < 4.78 is 5.39. The predicted octanol–water partition coefficient (Wildman–Crippen LogP) is 3.16. The first-order chi connectivity index (χ1) is 9.85. The summed E-state index contributed by atoms with van der Waals surface area (Å²) >= 11 is 1.62. The maximum Gasteiger partial charge on any atom is 0.143 e. The standard InChI is InChI=1S/C15H21N3OS/c1-3-10-16-14(12-8-6-5-7-9-12)15-18-17-13(20-15)11-19-4-2/h5-9,14,16H,3-4,10-11H2,1-2H3. The Morgan fingerprint density at radius 3 is 2.70 bits per heavy atom. The molecule has 0 saturated heterocycles. The number of hydrogen-bond donors (Lipinski definition) is 1. The summed E-state index contributed by atoms with van der Waals surface area (Å²) in [5.74, 6) is 0. The van der Waals surface area contributed by atoms with Crippen molar-refractivity contribution in [1.29, 1.82) is 0 Å². The Labute approximate surface area is 124 Å². The second-order valence-corrected chi connectivity index (χ2v) is 5.56. The largest absolute Gasteiger partial charge is 0.374 e. The van der Waals surface area contributed by atoms with E-state index in [0.29, 0.717) is 13.2 Å². The fourth-order valence-corrected chi connectivity index (χ4v) is 2.80. The van der Waals surface area contributed by atoms with Gasteiger partial charge in [-0.25, -0.2) is 0 Å². The van der Waals surface area contributed by atoms with E-state index in [2.05, 4.69) is 46.7 Å². The molecule has 1 N–H and O–H groups in total. The maximum atomic E-state index is 5.39. The number of hydrogen-bond acceptors (Lipinski definition) is 5. The quantitative estimate of drug-likeness (QED) is 0.811. The van der Waals surface area contributed by atoms with E-state index in [9.17, 15) is 0 Å². The fraction of sp³-hybridized carbons (Fsp3) is 0.467. The van der Waals surface area contributed by atoms with Crippen LogP contribution in [0.3, 0.4) is 0 Å². The summed E-state index contributed by atoms with van der Waals surface area (Å²) in [6.45, 7) is 6.35. The Morgan fingerprint density at radius 2 is 2.00 bits per heavy atom. The van der Waals surface area contributed by atoms with Gasteiger partial charge in [-0.1, -0.05) is 48.6 Å². The molecule has 0 amide bonds. The smallest absolute Gasteiger partial charge is 0.143 e. The van der Waals surface area contributed by atoms with Gasteiger partial charge in [-0.05, 0) is 25.5 Å². The third kappa shape index (κ3) is 4.10. The number of ether oxygens (including phenoxy) is 1. The van der Waals surface area contributed by atoms with E-state index < -0.39 is 0 Å². The first kappa shape index (κ1) is 15.1. The van der Waals surface area contributed by atoms with Crippen LogP contribution in [-0.2, 0) is 11.3 Å². The summed E-state index contributed by atoms with van der Waals surface area (Å²) in [4.78, 5) is 0. The summed E-state index contributed by atoms with van der Waals surface area (Å²) in [5.41, 5.74) is 1.22. The van der Waals surface area contributed by atoms with Crippen molar-refractivity contribution < 1.29 is 4.74 Å². The Bertz CT molecular complexity index is 501. The molecule has 2 rings (SSSR count). The van der Waals surface area contributed by atoms with Crippen LogP contribution in [0, 0.1) is 0 Å². The van der Waals surface area contributed by atoms with Gasteiger partial charge < -0.3 is 10.1 Å². The maximum absolute atomic E-state index is 5.39. The van der Waals surface area contributed by atoms with E-state index in [4.69, 9.17) is 4.74 Å². The number of benzene rings is 1. The average molecular weight is 291 g/mol. The molecule has 4 nitrogen and oxygen atoms in total. The minimum atomic E-state index is 0.115.